The Bertz CT molecular complexity index is 798. The number of rotatable bonds is 3. The molecular weight excluding hydrogens is 337 g/mol. The first kappa shape index (κ1) is 17.2. The van der Waals surface area contributed by atoms with Crippen molar-refractivity contribution in [3.63, 3.8) is 0 Å². The number of halogens is 3. The summed E-state index contributed by atoms with van der Waals surface area (Å²) in [6, 6.07) is 3.98. The zero-order valence-electron chi connectivity index (χ0n) is 13.6. The van der Waals surface area contributed by atoms with Gasteiger partial charge >= 0.3 is 6.18 Å². The molecule has 1 aliphatic rings. The Morgan fingerprint density at radius 2 is 1.76 bits per heavy atom. The lowest BCUT2D eigenvalue weighted by atomic mass is 10.3. The molecule has 0 unspecified atom stereocenters. The van der Waals surface area contributed by atoms with E-state index in [0.29, 0.717) is 38.5 Å². The second-order valence-electron chi connectivity index (χ2n) is 5.56. The molecule has 0 atom stereocenters. The molecule has 0 spiro atoms. The minimum absolute atomic E-state index is 0.0703. The van der Waals surface area contributed by atoms with Gasteiger partial charge in [-0.05, 0) is 19.1 Å². The first-order valence-electron chi connectivity index (χ1n) is 7.87. The van der Waals surface area contributed by atoms with E-state index in [2.05, 4.69) is 15.1 Å². The third-order valence-corrected chi connectivity index (χ3v) is 3.97. The summed E-state index contributed by atoms with van der Waals surface area (Å²) in [4.78, 5) is 22.9. The molecule has 1 fully saturated rings. The maximum absolute atomic E-state index is 12.8. The van der Waals surface area contributed by atoms with E-state index in [0.717, 1.165) is 12.3 Å². The van der Waals surface area contributed by atoms with Crippen molar-refractivity contribution < 1.29 is 13.2 Å². The second kappa shape index (κ2) is 6.69. The van der Waals surface area contributed by atoms with Crippen LogP contribution >= 0.6 is 0 Å². The third kappa shape index (κ3) is 3.72. The highest BCUT2D eigenvalue weighted by atomic mass is 19.4. The van der Waals surface area contributed by atoms with E-state index >= 15 is 0 Å². The molecule has 0 aliphatic carbocycles. The summed E-state index contributed by atoms with van der Waals surface area (Å²) in [5.74, 6) is 0.743. The first-order chi connectivity index (χ1) is 11.9. The monoisotopic (exact) mass is 354 g/mol. The minimum atomic E-state index is -4.49. The predicted octanol–water partition coefficient (Wildman–Crippen LogP) is 1.40. The third-order valence-electron chi connectivity index (χ3n) is 3.97. The summed E-state index contributed by atoms with van der Waals surface area (Å²) in [5, 5.41) is 4.29. The van der Waals surface area contributed by atoms with Gasteiger partial charge in [0.15, 0.2) is 0 Å². The fourth-order valence-corrected chi connectivity index (χ4v) is 2.63. The Balaban J connectivity index is 1.71. The SMILES string of the molecule is CCn1nc(N2CCN(c3nccc(C(F)(F)F)n3)CC2)ccc1=O. The van der Waals surface area contributed by atoms with Crippen molar-refractivity contribution in [3.8, 4) is 0 Å². The number of alkyl halides is 3. The standard InChI is InChI=1S/C15H17F3N6O/c1-2-24-13(25)4-3-12(21-24)22-7-9-23(10-8-22)14-19-6-5-11(20-14)15(16,17)18/h3-6H,2,7-10H2,1H3. The zero-order valence-corrected chi connectivity index (χ0v) is 13.6. The van der Waals surface area contributed by atoms with Crippen LogP contribution in [0.5, 0.6) is 0 Å². The molecule has 0 N–H and O–H groups in total. The second-order valence-corrected chi connectivity index (χ2v) is 5.56. The van der Waals surface area contributed by atoms with Crippen LogP contribution in [0.1, 0.15) is 12.6 Å². The molecule has 0 amide bonds. The van der Waals surface area contributed by atoms with Crippen LogP contribution in [0.25, 0.3) is 0 Å². The van der Waals surface area contributed by atoms with Crippen LogP contribution in [0.3, 0.4) is 0 Å². The molecule has 2 aromatic rings. The van der Waals surface area contributed by atoms with Gasteiger partial charge in [0.05, 0.1) is 0 Å². The minimum Gasteiger partial charge on any atom is -0.352 e. The van der Waals surface area contributed by atoms with Crippen LogP contribution in [0.2, 0.25) is 0 Å². The molecule has 25 heavy (non-hydrogen) atoms. The van der Waals surface area contributed by atoms with Crippen molar-refractivity contribution in [2.24, 2.45) is 0 Å². The normalized spacial score (nSPS) is 15.5. The Kier molecular flexibility index (Phi) is 4.60. The molecule has 7 nitrogen and oxygen atoms in total. The first-order valence-corrected chi connectivity index (χ1v) is 7.87. The van der Waals surface area contributed by atoms with Crippen molar-refractivity contribution in [2.45, 2.75) is 19.6 Å². The molecule has 10 heteroatoms. The fraction of sp³-hybridized carbons (Fsp3) is 0.467. The Morgan fingerprint density at radius 3 is 2.40 bits per heavy atom. The number of aryl methyl sites for hydroxylation is 1. The highest BCUT2D eigenvalue weighted by Gasteiger charge is 2.33. The molecule has 1 aliphatic heterocycles. The fourth-order valence-electron chi connectivity index (χ4n) is 2.63. The molecule has 1 saturated heterocycles. The maximum atomic E-state index is 12.8. The van der Waals surface area contributed by atoms with Gasteiger partial charge in [-0.25, -0.2) is 14.6 Å². The summed E-state index contributed by atoms with van der Waals surface area (Å²) < 4.78 is 39.7. The molecule has 134 valence electrons. The van der Waals surface area contributed by atoms with Crippen LogP contribution in [-0.2, 0) is 12.7 Å². The van der Waals surface area contributed by atoms with E-state index < -0.39 is 11.9 Å². The van der Waals surface area contributed by atoms with Crippen LogP contribution < -0.4 is 15.4 Å². The van der Waals surface area contributed by atoms with Gasteiger partial charge in [0.2, 0.25) is 5.95 Å². The van der Waals surface area contributed by atoms with Crippen LogP contribution in [-0.4, -0.2) is 45.9 Å². The predicted molar refractivity (Wildman–Crippen MR) is 85.6 cm³/mol. The van der Waals surface area contributed by atoms with E-state index in [4.69, 9.17) is 0 Å². The summed E-state index contributed by atoms with van der Waals surface area (Å²) in [7, 11) is 0. The van der Waals surface area contributed by atoms with Gasteiger partial charge < -0.3 is 9.80 Å². The van der Waals surface area contributed by atoms with Gasteiger partial charge in [-0.1, -0.05) is 0 Å². The molecule has 0 bridgehead atoms. The molecule has 0 aromatic carbocycles. The largest absolute Gasteiger partial charge is 0.433 e. The van der Waals surface area contributed by atoms with Crippen molar-refractivity contribution in [2.75, 3.05) is 36.0 Å². The van der Waals surface area contributed by atoms with Crippen molar-refractivity contribution in [1.82, 2.24) is 19.7 Å². The number of piperazine rings is 1. The van der Waals surface area contributed by atoms with Crippen molar-refractivity contribution >= 4 is 11.8 Å². The highest BCUT2D eigenvalue weighted by molar-refractivity contribution is 5.41. The summed E-state index contributed by atoms with van der Waals surface area (Å²) in [6.07, 6.45) is -3.37. The average Bonchev–Trinajstić information content (AvgIpc) is 2.62. The van der Waals surface area contributed by atoms with Crippen LogP contribution in [0, 0.1) is 0 Å². The van der Waals surface area contributed by atoms with Gasteiger partial charge in [-0.15, -0.1) is 0 Å². The summed E-state index contributed by atoms with van der Waals surface area (Å²) in [5.41, 5.74) is -1.11. The van der Waals surface area contributed by atoms with Gasteiger partial charge in [-0.3, -0.25) is 4.79 Å². The number of nitrogens with zero attached hydrogens (tertiary/aromatic N) is 6. The van der Waals surface area contributed by atoms with E-state index in [1.54, 1.807) is 11.0 Å². The van der Waals surface area contributed by atoms with E-state index in [9.17, 15) is 18.0 Å². The molecule has 3 heterocycles. The van der Waals surface area contributed by atoms with Crippen molar-refractivity contribution in [3.05, 3.63) is 40.4 Å². The average molecular weight is 354 g/mol. The summed E-state index contributed by atoms with van der Waals surface area (Å²) >= 11 is 0. The Hall–Kier alpha value is -2.65. The lowest BCUT2D eigenvalue weighted by Crippen LogP contribution is -2.48. The molecule has 0 saturated carbocycles. The van der Waals surface area contributed by atoms with E-state index in [-0.39, 0.29) is 11.5 Å². The van der Waals surface area contributed by atoms with Crippen LogP contribution in [0.4, 0.5) is 24.9 Å². The Morgan fingerprint density at radius 1 is 1.08 bits per heavy atom. The Labute approximate surface area is 141 Å². The van der Waals surface area contributed by atoms with Gasteiger partial charge in [0.1, 0.15) is 11.5 Å². The zero-order chi connectivity index (χ0) is 18.0. The number of hydrogen-bond donors (Lipinski definition) is 0. The molecule has 0 radical (unpaired) electrons. The molecule has 3 rings (SSSR count). The lowest BCUT2D eigenvalue weighted by Gasteiger charge is -2.35. The van der Waals surface area contributed by atoms with Gasteiger partial charge in [0, 0.05) is 45.0 Å². The van der Waals surface area contributed by atoms with Crippen LogP contribution in [0.15, 0.2) is 29.2 Å². The number of aromatic nitrogens is 4. The summed E-state index contributed by atoms with van der Waals surface area (Å²) in [6.45, 7) is 4.34. The van der Waals surface area contributed by atoms with Crippen molar-refractivity contribution in [1.29, 1.82) is 0 Å². The van der Waals surface area contributed by atoms with Gasteiger partial charge in [0.25, 0.3) is 5.56 Å². The topological polar surface area (TPSA) is 67.2 Å². The molecule has 2 aromatic heterocycles. The smallest absolute Gasteiger partial charge is 0.352 e. The van der Waals surface area contributed by atoms with E-state index in [1.165, 1.54) is 10.7 Å². The van der Waals surface area contributed by atoms with E-state index in [1.807, 2.05) is 11.8 Å². The number of hydrogen-bond acceptors (Lipinski definition) is 6. The van der Waals surface area contributed by atoms with Gasteiger partial charge in [-0.2, -0.15) is 18.3 Å². The maximum Gasteiger partial charge on any atom is 0.433 e. The lowest BCUT2D eigenvalue weighted by molar-refractivity contribution is -0.141. The highest BCUT2D eigenvalue weighted by Crippen LogP contribution is 2.28. The molecular formula is C15H17F3N6O. The number of anilines is 2. The quantitative estimate of drug-likeness (QED) is 0.830.